The molecular weight excluding hydrogens is 280 g/mol. The molecule has 1 N–H and O–H groups in total. The van der Waals surface area contributed by atoms with Gasteiger partial charge in [0.25, 0.3) is 5.91 Å². The van der Waals surface area contributed by atoms with Crippen LogP contribution in [0.4, 0.5) is 0 Å². The first-order valence-electron chi connectivity index (χ1n) is 7.49. The van der Waals surface area contributed by atoms with Gasteiger partial charge in [0.05, 0.1) is 13.2 Å². The maximum absolute atomic E-state index is 12.6. The molecular formula is C17H20N2O3. The second-order valence-electron chi connectivity index (χ2n) is 5.51. The van der Waals surface area contributed by atoms with Gasteiger partial charge in [0.2, 0.25) is 0 Å². The number of benzene rings is 1. The molecule has 1 aliphatic heterocycles. The number of carbonyl (C=O) groups is 1. The zero-order valence-corrected chi connectivity index (χ0v) is 12.4. The smallest absolute Gasteiger partial charge is 0.253 e. The summed E-state index contributed by atoms with van der Waals surface area (Å²) in [5, 5.41) is 9.31. The summed E-state index contributed by atoms with van der Waals surface area (Å²) >= 11 is 0. The van der Waals surface area contributed by atoms with Gasteiger partial charge >= 0.3 is 0 Å². The van der Waals surface area contributed by atoms with Gasteiger partial charge in [-0.1, -0.05) is 0 Å². The maximum Gasteiger partial charge on any atom is 0.253 e. The molecule has 2 aromatic rings. The van der Waals surface area contributed by atoms with Crippen LogP contribution in [0.3, 0.4) is 0 Å². The van der Waals surface area contributed by atoms with E-state index in [4.69, 9.17) is 4.74 Å². The summed E-state index contributed by atoms with van der Waals surface area (Å²) in [6.07, 6.45) is 3.93. The summed E-state index contributed by atoms with van der Waals surface area (Å²) in [6, 6.07) is 11.5. The first-order chi connectivity index (χ1) is 10.8. The summed E-state index contributed by atoms with van der Waals surface area (Å²) in [5.74, 6) is -0.0198. The van der Waals surface area contributed by atoms with Crippen LogP contribution in [-0.2, 0) is 4.74 Å². The van der Waals surface area contributed by atoms with Crippen molar-refractivity contribution in [2.24, 2.45) is 5.92 Å². The molecule has 0 unspecified atom stereocenters. The van der Waals surface area contributed by atoms with Crippen LogP contribution in [-0.4, -0.2) is 53.4 Å². The maximum atomic E-state index is 12.6. The number of carbonyl (C=O) groups excluding carboxylic acids is 1. The number of aliphatic hydroxyl groups is 1. The van der Waals surface area contributed by atoms with E-state index in [9.17, 15) is 9.90 Å². The molecule has 0 saturated carbocycles. The normalized spacial score (nSPS) is 19.0. The topological polar surface area (TPSA) is 54.7 Å². The first kappa shape index (κ1) is 14.8. The van der Waals surface area contributed by atoms with Crippen molar-refractivity contribution in [3.05, 3.63) is 54.4 Å². The lowest BCUT2D eigenvalue weighted by Gasteiger charge is -2.22. The summed E-state index contributed by atoms with van der Waals surface area (Å²) in [5.41, 5.74) is 1.68. The van der Waals surface area contributed by atoms with E-state index in [0.717, 1.165) is 5.69 Å². The van der Waals surface area contributed by atoms with Crippen LogP contribution in [0.5, 0.6) is 0 Å². The monoisotopic (exact) mass is 300 g/mol. The summed E-state index contributed by atoms with van der Waals surface area (Å²) in [7, 11) is 0. The summed E-state index contributed by atoms with van der Waals surface area (Å²) in [4.78, 5) is 14.4. The van der Waals surface area contributed by atoms with Crippen LogP contribution in [0.15, 0.2) is 48.8 Å². The Morgan fingerprint density at radius 2 is 1.95 bits per heavy atom. The van der Waals surface area contributed by atoms with Crippen LogP contribution in [0.1, 0.15) is 10.4 Å². The second-order valence-corrected chi connectivity index (χ2v) is 5.51. The highest BCUT2D eigenvalue weighted by Crippen LogP contribution is 2.14. The minimum absolute atomic E-state index is 0.00871. The third-order valence-electron chi connectivity index (χ3n) is 3.90. The van der Waals surface area contributed by atoms with Crippen molar-refractivity contribution in [2.45, 2.75) is 0 Å². The lowest BCUT2D eigenvalue weighted by atomic mass is 10.1. The molecule has 1 aromatic carbocycles. The Morgan fingerprint density at radius 3 is 2.64 bits per heavy atom. The van der Waals surface area contributed by atoms with Gasteiger partial charge in [-0.2, -0.15) is 0 Å². The van der Waals surface area contributed by atoms with Gasteiger partial charge in [0.1, 0.15) is 0 Å². The minimum atomic E-state index is -0.0111. The highest BCUT2D eigenvalue weighted by molar-refractivity contribution is 5.94. The molecule has 3 rings (SSSR count). The van der Waals surface area contributed by atoms with Gasteiger partial charge < -0.3 is 19.3 Å². The Labute approximate surface area is 129 Å². The third-order valence-corrected chi connectivity index (χ3v) is 3.90. The fraction of sp³-hybridized carbons (Fsp3) is 0.353. The van der Waals surface area contributed by atoms with E-state index in [1.54, 1.807) is 4.90 Å². The highest BCUT2D eigenvalue weighted by atomic mass is 16.5. The largest absolute Gasteiger partial charge is 0.396 e. The summed E-state index contributed by atoms with van der Waals surface area (Å²) < 4.78 is 7.42. The van der Waals surface area contributed by atoms with Crippen molar-refractivity contribution < 1.29 is 14.6 Å². The number of hydrogen-bond donors (Lipinski definition) is 1. The van der Waals surface area contributed by atoms with Gasteiger partial charge in [0, 0.05) is 49.3 Å². The molecule has 2 heterocycles. The fourth-order valence-corrected chi connectivity index (χ4v) is 2.64. The molecule has 116 valence electrons. The zero-order valence-electron chi connectivity index (χ0n) is 12.4. The molecule has 0 spiro atoms. The molecule has 5 nitrogen and oxygen atoms in total. The van der Waals surface area contributed by atoms with Crippen LogP contribution in [0.25, 0.3) is 5.69 Å². The number of nitrogens with zero attached hydrogens (tertiary/aromatic N) is 2. The molecule has 1 aliphatic rings. The molecule has 1 saturated heterocycles. The lowest BCUT2D eigenvalue weighted by Crippen LogP contribution is -2.36. The number of hydrogen-bond acceptors (Lipinski definition) is 3. The quantitative estimate of drug-likeness (QED) is 0.936. The van der Waals surface area contributed by atoms with E-state index in [-0.39, 0.29) is 18.4 Å². The van der Waals surface area contributed by atoms with Gasteiger partial charge in [-0.3, -0.25) is 4.79 Å². The highest BCUT2D eigenvalue weighted by Gasteiger charge is 2.22. The van der Waals surface area contributed by atoms with Gasteiger partial charge in [-0.15, -0.1) is 0 Å². The van der Waals surface area contributed by atoms with E-state index in [1.165, 1.54) is 0 Å². The van der Waals surface area contributed by atoms with E-state index >= 15 is 0 Å². The second kappa shape index (κ2) is 6.77. The molecule has 1 amide bonds. The van der Waals surface area contributed by atoms with Gasteiger partial charge in [-0.25, -0.2) is 0 Å². The number of rotatable bonds is 3. The Bertz CT molecular complexity index is 607. The van der Waals surface area contributed by atoms with Gasteiger partial charge in [0.15, 0.2) is 0 Å². The molecule has 0 aliphatic carbocycles. The minimum Gasteiger partial charge on any atom is -0.396 e. The van der Waals surface area contributed by atoms with Crippen molar-refractivity contribution in [3.63, 3.8) is 0 Å². The Balaban J connectivity index is 1.74. The van der Waals surface area contributed by atoms with Crippen LogP contribution in [0.2, 0.25) is 0 Å². The molecule has 1 fully saturated rings. The number of aliphatic hydroxyl groups excluding tert-OH is 1. The van der Waals surface area contributed by atoms with E-state index < -0.39 is 0 Å². The Morgan fingerprint density at radius 1 is 1.23 bits per heavy atom. The number of amides is 1. The predicted octanol–water partition coefficient (Wildman–Crippen LogP) is 1.56. The van der Waals surface area contributed by atoms with E-state index in [2.05, 4.69) is 0 Å². The van der Waals surface area contributed by atoms with Crippen molar-refractivity contribution in [1.82, 2.24) is 9.47 Å². The zero-order chi connectivity index (χ0) is 15.4. The average molecular weight is 300 g/mol. The van der Waals surface area contributed by atoms with Crippen LogP contribution < -0.4 is 0 Å². The van der Waals surface area contributed by atoms with Crippen LogP contribution in [0, 0.1) is 5.92 Å². The summed E-state index contributed by atoms with van der Waals surface area (Å²) in [6.45, 7) is 2.16. The van der Waals surface area contributed by atoms with Crippen molar-refractivity contribution in [2.75, 3.05) is 32.9 Å². The molecule has 0 bridgehead atoms. The van der Waals surface area contributed by atoms with Crippen LogP contribution >= 0.6 is 0 Å². The van der Waals surface area contributed by atoms with Crippen molar-refractivity contribution in [3.8, 4) is 5.69 Å². The van der Waals surface area contributed by atoms with Gasteiger partial charge in [-0.05, 0) is 36.4 Å². The first-order valence-corrected chi connectivity index (χ1v) is 7.49. The predicted molar refractivity (Wildman–Crippen MR) is 83.1 cm³/mol. The lowest BCUT2D eigenvalue weighted by molar-refractivity contribution is 0.0728. The Kier molecular flexibility index (Phi) is 4.56. The molecule has 1 aromatic heterocycles. The number of ether oxygens (including phenoxy) is 1. The molecule has 22 heavy (non-hydrogen) atoms. The SMILES string of the molecule is O=C(c1ccc(-n2cccc2)cc1)N1CCOC[C@@H](CO)C1. The molecule has 1 atom stereocenters. The van der Waals surface area contributed by atoms with E-state index in [0.29, 0.717) is 31.9 Å². The molecule has 0 radical (unpaired) electrons. The van der Waals surface area contributed by atoms with Crippen molar-refractivity contribution in [1.29, 1.82) is 0 Å². The third kappa shape index (κ3) is 3.21. The van der Waals surface area contributed by atoms with Crippen molar-refractivity contribution >= 4 is 5.91 Å². The Hall–Kier alpha value is -2.11. The average Bonchev–Trinajstić information content (AvgIpc) is 2.99. The van der Waals surface area contributed by atoms with E-state index in [1.807, 2.05) is 53.4 Å². The standard InChI is InChI=1S/C17H20N2O3/c20-12-14-11-19(9-10-22-13-14)17(21)15-3-5-16(6-4-15)18-7-1-2-8-18/h1-8,14,20H,9-13H2/t14-/m1/s1. The molecule has 5 heteroatoms. The number of aromatic nitrogens is 1. The fourth-order valence-electron chi connectivity index (χ4n) is 2.64.